The zero-order valence-electron chi connectivity index (χ0n) is 15.8. The second-order valence-corrected chi connectivity index (χ2v) is 9.85. The Morgan fingerprint density at radius 1 is 1.20 bits per heavy atom. The van der Waals surface area contributed by atoms with Gasteiger partial charge in [-0.2, -0.15) is 12.7 Å². The van der Waals surface area contributed by atoms with Crippen molar-refractivity contribution < 1.29 is 26.7 Å². The fourth-order valence-electron chi connectivity index (χ4n) is 2.68. The van der Waals surface area contributed by atoms with Gasteiger partial charge in [-0.15, -0.1) is 0 Å². The Bertz CT molecular complexity index is 1020. The lowest BCUT2D eigenvalue weighted by Crippen LogP contribution is -2.35. The summed E-state index contributed by atoms with van der Waals surface area (Å²) in [7, 11) is -2.70. The zero-order chi connectivity index (χ0) is 21.9. The van der Waals surface area contributed by atoms with Gasteiger partial charge in [0, 0.05) is 23.6 Å². The maximum Gasteiger partial charge on any atom is 0.301 e. The van der Waals surface area contributed by atoms with Crippen molar-refractivity contribution in [3.63, 3.8) is 0 Å². The Morgan fingerprint density at radius 3 is 2.53 bits per heavy atom. The minimum Gasteiger partial charge on any atom is -0.350 e. The molecule has 12 heteroatoms. The summed E-state index contributed by atoms with van der Waals surface area (Å²) in [5.41, 5.74) is -0.243. The predicted molar refractivity (Wildman–Crippen MR) is 119 cm³/mol. The van der Waals surface area contributed by atoms with Gasteiger partial charge in [0.05, 0.1) is 29.6 Å². The van der Waals surface area contributed by atoms with E-state index in [1.165, 1.54) is 7.05 Å². The fourth-order valence-corrected chi connectivity index (χ4v) is 4.53. The highest BCUT2D eigenvalue weighted by atomic mass is 127. The van der Waals surface area contributed by atoms with Crippen LogP contribution in [0.3, 0.4) is 0 Å². The van der Waals surface area contributed by atoms with Gasteiger partial charge in [-0.1, -0.05) is 11.6 Å². The van der Waals surface area contributed by atoms with Gasteiger partial charge in [0.2, 0.25) is 0 Å². The summed E-state index contributed by atoms with van der Waals surface area (Å²) in [4.78, 5) is 0. The van der Waals surface area contributed by atoms with Crippen molar-refractivity contribution in [1.29, 1.82) is 0 Å². The average molecular weight is 574 g/mol. The molecule has 1 heterocycles. The van der Waals surface area contributed by atoms with Crippen molar-refractivity contribution in [1.82, 2.24) is 4.31 Å². The van der Waals surface area contributed by atoms with E-state index in [2.05, 4.69) is 32.6 Å². The van der Waals surface area contributed by atoms with E-state index in [9.17, 15) is 17.2 Å². The minimum absolute atomic E-state index is 0.107. The Balaban J connectivity index is 1.81. The molecule has 2 aromatic carbocycles. The normalized spacial score (nSPS) is 15.0. The number of benzene rings is 2. The maximum atomic E-state index is 14.5. The molecule has 1 fully saturated rings. The van der Waals surface area contributed by atoms with Crippen molar-refractivity contribution >= 4 is 61.5 Å². The molecular weight excluding hydrogens is 555 g/mol. The van der Waals surface area contributed by atoms with Crippen LogP contribution in [0.4, 0.5) is 25.8 Å². The van der Waals surface area contributed by atoms with E-state index in [0.29, 0.717) is 25.3 Å². The third-order valence-electron chi connectivity index (χ3n) is 4.31. The molecule has 0 bridgehead atoms. The molecule has 0 unspecified atom stereocenters. The Hall–Kier alpha value is -1.25. The molecule has 0 amide bonds. The summed E-state index contributed by atoms with van der Waals surface area (Å²) in [6, 6.07) is 6.91. The molecule has 30 heavy (non-hydrogen) atoms. The van der Waals surface area contributed by atoms with Gasteiger partial charge in [-0.25, -0.2) is 8.78 Å². The molecule has 2 N–H and O–H groups in total. The van der Waals surface area contributed by atoms with Crippen LogP contribution in [0.1, 0.15) is 6.42 Å². The van der Waals surface area contributed by atoms with E-state index < -0.39 is 28.1 Å². The number of halogens is 4. The molecule has 164 valence electrons. The lowest BCUT2D eigenvalue weighted by Gasteiger charge is -2.21. The lowest BCUT2D eigenvalue weighted by molar-refractivity contribution is -0.0480. The summed E-state index contributed by atoms with van der Waals surface area (Å²) in [5, 5.41) is 2.95. The highest BCUT2D eigenvalue weighted by molar-refractivity contribution is 14.1. The highest BCUT2D eigenvalue weighted by Crippen LogP contribution is 2.34. The molecular formula is C18H19ClF2IN3O4S. The zero-order valence-corrected chi connectivity index (χ0v) is 19.5. The third kappa shape index (κ3) is 5.71. The summed E-state index contributed by atoms with van der Waals surface area (Å²) >= 11 is 8.21. The van der Waals surface area contributed by atoms with Crippen LogP contribution in [0.5, 0.6) is 0 Å². The van der Waals surface area contributed by atoms with Gasteiger partial charge in [-0.05, 0) is 52.9 Å². The third-order valence-corrected chi connectivity index (χ3v) is 6.77. The SMILES string of the molecule is CN(CCC1OCCO1)S(=O)(=O)Nc1ccc(F)c(F)c1Nc1ccc(I)cc1Cl. The summed E-state index contributed by atoms with van der Waals surface area (Å²) in [6.07, 6.45) is -0.135. The first-order valence-electron chi connectivity index (χ1n) is 8.85. The quantitative estimate of drug-likeness (QED) is 0.460. The lowest BCUT2D eigenvalue weighted by atomic mass is 10.2. The Labute approximate surface area is 192 Å². The van der Waals surface area contributed by atoms with Crippen molar-refractivity contribution in [2.24, 2.45) is 0 Å². The van der Waals surface area contributed by atoms with Gasteiger partial charge in [0.25, 0.3) is 0 Å². The van der Waals surface area contributed by atoms with Crippen molar-refractivity contribution in [2.45, 2.75) is 12.7 Å². The van der Waals surface area contributed by atoms with Crippen LogP contribution in [0.2, 0.25) is 5.02 Å². The largest absolute Gasteiger partial charge is 0.350 e. The number of hydrogen-bond acceptors (Lipinski definition) is 5. The maximum absolute atomic E-state index is 14.5. The van der Waals surface area contributed by atoms with Gasteiger partial charge in [-0.3, -0.25) is 4.72 Å². The minimum atomic E-state index is -4.06. The first-order valence-corrected chi connectivity index (χ1v) is 11.7. The van der Waals surface area contributed by atoms with E-state index in [0.717, 1.165) is 20.0 Å². The smallest absolute Gasteiger partial charge is 0.301 e. The van der Waals surface area contributed by atoms with Crippen LogP contribution in [-0.2, 0) is 19.7 Å². The summed E-state index contributed by atoms with van der Waals surface area (Å²) in [5.74, 6) is -2.37. The highest BCUT2D eigenvalue weighted by Gasteiger charge is 2.24. The van der Waals surface area contributed by atoms with E-state index in [-0.39, 0.29) is 22.9 Å². The van der Waals surface area contributed by atoms with E-state index in [4.69, 9.17) is 21.1 Å². The molecule has 1 aliphatic heterocycles. The van der Waals surface area contributed by atoms with E-state index in [1.807, 2.05) is 0 Å². The molecule has 0 aliphatic carbocycles. The molecule has 0 radical (unpaired) electrons. The monoisotopic (exact) mass is 573 g/mol. The average Bonchev–Trinajstić information content (AvgIpc) is 3.20. The first kappa shape index (κ1) is 23.4. The van der Waals surface area contributed by atoms with Crippen LogP contribution in [0.15, 0.2) is 30.3 Å². The van der Waals surface area contributed by atoms with E-state index in [1.54, 1.807) is 18.2 Å². The van der Waals surface area contributed by atoms with Gasteiger partial charge >= 0.3 is 10.2 Å². The number of nitrogens with zero attached hydrogens (tertiary/aromatic N) is 1. The number of hydrogen-bond donors (Lipinski definition) is 2. The first-order chi connectivity index (χ1) is 14.2. The molecule has 1 saturated heterocycles. The summed E-state index contributed by atoms with van der Waals surface area (Å²) < 4.78 is 68.5. The van der Waals surface area contributed by atoms with Crippen LogP contribution < -0.4 is 10.0 Å². The number of ether oxygens (including phenoxy) is 2. The topological polar surface area (TPSA) is 79.9 Å². The molecule has 0 spiro atoms. The Morgan fingerprint density at radius 2 is 1.87 bits per heavy atom. The summed E-state index contributed by atoms with van der Waals surface area (Å²) in [6.45, 7) is 1.03. The Kier molecular flexibility index (Phi) is 7.74. The van der Waals surface area contributed by atoms with Gasteiger partial charge in [0.15, 0.2) is 17.9 Å². The number of rotatable bonds is 8. The van der Waals surface area contributed by atoms with Crippen molar-refractivity contribution in [2.75, 3.05) is 36.8 Å². The van der Waals surface area contributed by atoms with Crippen LogP contribution in [-0.4, -0.2) is 45.8 Å². The van der Waals surface area contributed by atoms with E-state index >= 15 is 0 Å². The number of nitrogens with one attached hydrogen (secondary N) is 2. The molecule has 0 atom stereocenters. The molecule has 7 nitrogen and oxygen atoms in total. The molecule has 2 aromatic rings. The van der Waals surface area contributed by atoms with Crippen LogP contribution in [0, 0.1) is 15.2 Å². The van der Waals surface area contributed by atoms with Gasteiger partial charge < -0.3 is 14.8 Å². The fraction of sp³-hybridized carbons (Fsp3) is 0.333. The molecule has 3 rings (SSSR count). The molecule has 1 aliphatic rings. The second-order valence-electron chi connectivity index (χ2n) is 6.42. The standard InChI is InChI=1S/C18H19ClF2IN3O4S/c1-25(7-6-16-28-8-9-29-16)30(26,27)24-15-5-3-13(20)17(21)18(15)23-14-4-2-11(22)10-12(14)19/h2-5,10,16,23-24H,6-9H2,1H3. The predicted octanol–water partition coefficient (Wildman–Crippen LogP) is 4.32. The molecule has 0 aromatic heterocycles. The van der Waals surface area contributed by atoms with Crippen molar-refractivity contribution in [3.05, 3.63) is 50.6 Å². The van der Waals surface area contributed by atoms with Crippen molar-refractivity contribution in [3.8, 4) is 0 Å². The van der Waals surface area contributed by atoms with Crippen LogP contribution >= 0.6 is 34.2 Å². The second kappa shape index (κ2) is 9.92. The molecule has 0 saturated carbocycles. The van der Waals surface area contributed by atoms with Gasteiger partial charge in [0.1, 0.15) is 5.69 Å². The number of anilines is 3. The van der Waals surface area contributed by atoms with Crippen LogP contribution in [0.25, 0.3) is 0 Å².